The maximum Gasteiger partial charge on any atom is 0.166 e. The van der Waals surface area contributed by atoms with Gasteiger partial charge in [0.1, 0.15) is 6.61 Å². The molecular weight excluding hydrogens is 449 g/mol. The minimum atomic E-state index is 0.362. The molecule has 25 heavy (non-hydrogen) atoms. The van der Waals surface area contributed by atoms with E-state index in [9.17, 15) is 0 Å². The van der Waals surface area contributed by atoms with Crippen molar-refractivity contribution < 1.29 is 9.47 Å². The van der Waals surface area contributed by atoms with Crippen LogP contribution < -0.4 is 20.9 Å². The molecule has 0 aliphatic rings. The number of methoxy groups -OCH3 is 1. The second kappa shape index (κ2) is 9.79. The molecular formula is C18H22IN3O2S. The van der Waals surface area contributed by atoms with Crippen molar-refractivity contribution >= 4 is 39.9 Å². The van der Waals surface area contributed by atoms with Crippen LogP contribution in [0.15, 0.2) is 42.5 Å². The van der Waals surface area contributed by atoms with Gasteiger partial charge in [-0.05, 0) is 70.2 Å². The van der Waals surface area contributed by atoms with Crippen LogP contribution >= 0.6 is 34.8 Å². The lowest BCUT2D eigenvalue weighted by Crippen LogP contribution is -2.34. The summed E-state index contributed by atoms with van der Waals surface area (Å²) in [7, 11) is 1.62. The van der Waals surface area contributed by atoms with Gasteiger partial charge in [0.15, 0.2) is 16.6 Å². The van der Waals surface area contributed by atoms with Crippen molar-refractivity contribution in [2.24, 2.45) is 11.5 Å². The lowest BCUT2D eigenvalue weighted by atomic mass is 10.1. The van der Waals surface area contributed by atoms with Crippen LogP contribution in [0.4, 0.5) is 0 Å². The molecule has 0 unspecified atom stereocenters. The number of nitrogens with zero attached hydrogens (tertiary/aromatic N) is 1. The average molecular weight is 471 g/mol. The van der Waals surface area contributed by atoms with Crippen LogP contribution in [0, 0.1) is 3.57 Å². The molecule has 2 aromatic rings. The molecule has 0 amide bonds. The Bertz CT molecular complexity index is 710. The van der Waals surface area contributed by atoms with Crippen LogP contribution in [0.5, 0.6) is 11.5 Å². The fourth-order valence-corrected chi connectivity index (χ4v) is 2.83. The van der Waals surface area contributed by atoms with Crippen LogP contribution in [0.2, 0.25) is 0 Å². The monoisotopic (exact) mass is 471 g/mol. The Kier molecular flexibility index (Phi) is 7.73. The molecule has 0 heterocycles. The van der Waals surface area contributed by atoms with Gasteiger partial charge < -0.3 is 25.8 Å². The highest BCUT2D eigenvalue weighted by Crippen LogP contribution is 2.28. The second-order valence-corrected chi connectivity index (χ2v) is 7.11. The first kappa shape index (κ1) is 19.7. The van der Waals surface area contributed by atoms with Gasteiger partial charge in [-0.25, -0.2) is 0 Å². The lowest BCUT2D eigenvalue weighted by molar-refractivity contribution is 0.302. The summed E-state index contributed by atoms with van der Waals surface area (Å²) in [5, 5.41) is 0.362. The van der Waals surface area contributed by atoms with E-state index in [-0.39, 0.29) is 0 Å². The number of ether oxygens (including phenoxy) is 2. The van der Waals surface area contributed by atoms with Gasteiger partial charge in [-0.15, -0.1) is 0 Å². The molecule has 0 atom stereocenters. The molecule has 0 saturated carbocycles. The van der Waals surface area contributed by atoms with Gasteiger partial charge in [0.05, 0.1) is 7.11 Å². The Morgan fingerprint density at radius 2 is 1.72 bits per heavy atom. The molecule has 0 saturated heterocycles. The first-order valence-corrected chi connectivity index (χ1v) is 9.30. The number of nitrogens with two attached hydrogens (primary N) is 2. The van der Waals surface area contributed by atoms with E-state index < -0.39 is 0 Å². The van der Waals surface area contributed by atoms with E-state index in [1.165, 1.54) is 3.57 Å². The summed E-state index contributed by atoms with van der Waals surface area (Å²) < 4.78 is 12.2. The molecule has 0 fully saturated rings. The minimum absolute atomic E-state index is 0.362. The van der Waals surface area contributed by atoms with Crippen LogP contribution in [0.3, 0.4) is 0 Å². The van der Waals surface area contributed by atoms with Gasteiger partial charge in [0, 0.05) is 23.2 Å². The SMILES string of the molecule is COc1cc(CN(Cc2ccc(I)cc2)C(N)=S)ccc1OCCN. The summed E-state index contributed by atoms with van der Waals surface area (Å²) in [4.78, 5) is 1.95. The highest BCUT2D eigenvalue weighted by molar-refractivity contribution is 14.1. The third-order valence-corrected chi connectivity index (χ3v) is 4.55. The van der Waals surface area contributed by atoms with Gasteiger partial charge in [0.25, 0.3) is 0 Å². The van der Waals surface area contributed by atoms with E-state index >= 15 is 0 Å². The van der Waals surface area contributed by atoms with Crippen molar-refractivity contribution in [3.63, 3.8) is 0 Å². The van der Waals surface area contributed by atoms with Gasteiger partial charge in [-0.1, -0.05) is 18.2 Å². The van der Waals surface area contributed by atoms with E-state index in [4.69, 9.17) is 33.2 Å². The molecule has 7 heteroatoms. The molecule has 0 aliphatic heterocycles. The van der Waals surface area contributed by atoms with Crippen molar-refractivity contribution in [3.05, 3.63) is 57.2 Å². The minimum Gasteiger partial charge on any atom is -0.493 e. The maximum atomic E-state index is 5.91. The van der Waals surface area contributed by atoms with Crippen molar-refractivity contribution in [2.45, 2.75) is 13.1 Å². The van der Waals surface area contributed by atoms with Crippen molar-refractivity contribution in [3.8, 4) is 11.5 Å². The predicted molar refractivity (Wildman–Crippen MR) is 113 cm³/mol. The highest BCUT2D eigenvalue weighted by Gasteiger charge is 2.11. The third-order valence-electron chi connectivity index (χ3n) is 3.58. The summed E-state index contributed by atoms with van der Waals surface area (Å²) in [5.41, 5.74) is 13.6. The van der Waals surface area contributed by atoms with Gasteiger partial charge >= 0.3 is 0 Å². The third kappa shape index (κ3) is 6.02. The van der Waals surface area contributed by atoms with Crippen LogP contribution in [0.25, 0.3) is 0 Å². The van der Waals surface area contributed by atoms with E-state index in [2.05, 4.69) is 46.9 Å². The zero-order chi connectivity index (χ0) is 18.2. The van der Waals surface area contributed by atoms with Gasteiger partial charge in [-0.3, -0.25) is 0 Å². The van der Waals surface area contributed by atoms with E-state index in [1.54, 1.807) is 7.11 Å². The number of benzene rings is 2. The maximum absolute atomic E-state index is 5.91. The molecule has 0 spiro atoms. The Morgan fingerprint density at radius 1 is 1.08 bits per heavy atom. The van der Waals surface area contributed by atoms with Crippen molar-refractivity contribution in [1.29, 1.82) is 0 Å². The fourth-order valence-electron chi connectivity index (χ4n) is 2.34. The molecule has 0 radical (unpaired) electrons. The Labute approximate surface area is 167 Å². The molecule has 0 bridgehead atoms. The number of halogens is 1. The molecule has 0 aliphatic carbocycles. The number of thiocarbonyl (C=S) groups is 1. The zero-order valence-electron chi connectivity index (χ0n) is 14.1. The molecule has 4 N–H and O–H groups in total. The number of rotatable bonds is 8. The Balaban J connectivity index is 2.13. The first-order valence-electron chi connectivity index (χ1n) is 7.82. The Morgan fingerprint density at radius 3 is 2.32 bits per heavy atom. The van der Waals surface area contributed by atoms with Crippen LogP contribution in [0.1, 0.15) is 11.1 Å². The summed E-state index contributed by atoms with van der Waals surface area (Å²) in [6.07, 6.45) is 0. The lowest BCUT2D eigenvalue weighted by Gasteiger charge is -2.23. The predicted octanol–water partition coefficient (Wildman–Crippen LogP) is 2.88. The smallest absolute Gasteiger partial charge is 0.166 e. The summed E-state index contributed by atoms with van der Waals surface area (Å²) in [6.45, 7) is 2.15. The summed E-state index contributed by atoms with van der Waals surface area (Å²) in [5.74, 6) is 1.35. The van der Waals surface area contributed by atoms with Crippen molar-refractivity contribution in [2.75, 3.05) is 20.3 Å². The molecule has 2 aromatic carbocycles. The number of hydrogen-bond donors (Lipinski definition) is 2. The fraction of sp³-hybridized carbons (Fsp3) is 0.278. The van der Waals surface area contributed by atoms with Gasteiger partial charge in [0.2, 0.25) is 0 Å². The molecule has 134 valence electrons. The zero-order valence-corrected chi connectivity index (χ0v) is 17.0. The average Bonchev–Trinajstić information content (AvgIpc) is 2.61. The molecule has 5 nitrogen and oxygen atoms in total. The van der Waals surface area contributed by atoms with Crippen LogP contribution in [-0.2, 0) is 13.1 Å². The quantitative estimate of drug-likeness (QED) is 0.456. The molecule has 0 aromatic heterocycles. The van der Waals surface area contributed by atoms with E-state index in [0.29, 0.717) is 42.9 Å². The summed E-state index contributed by atoms with van der Waals surface area (Å²) >= 11 is 7.50. The second-order valence-electron chi connectivity index (χ2n) is 5.44. The largest absolute Gasteiger partial charge is 0.493 e. The van der Waals surface area contributed by atoms with E-state index in [0.717, 1.165) is 11.1 Å². The topological polar surface area (TPSA) is 73.7 Å². The molecule has 2 rings (SSSR count). The standard InChI is InChI=1S/C18H22IN3O2S/c1-23-17-10-14(4-7-16(17)24-9-8-20)12-22(18(21)25)11-13-2-5-15(19)6-3-13/h2-7,10H,8-9,11-12,20H2,1H3,(H2,21,25). The highest BCUT2D eigenvalue weighted by atomic mass is 127. The normalized spacial score (nSPS) is 10.4. The van der Waals surface area contributed by atoms with E-state index in [1.807, 2.05) is 23.1 Å². The van der Waals surface area contributed by atoms with Gasteiger partial charge in [-0.2, -0.15) is 0 Å². The first-order chi connectivity index (χ1) is 12.0. The summed E-state index contributed by atoms with van der Waals surface area (Å²) in [6, 6.07) is 14.1. The Hall–Kier alpha value is -1.58. The number of hydrogen-bond acceptors (Lipinski definition) is 4. The van der Waals surface area contributed by atoms with Crippen LogP contribution in [-0.4, -0.2) is 30.3 Å². The van der Waals surface area contributed by atoms with Crippen molar-refractivity contribution in [1.82, 2.24) is 4.90 Å².